The molecule has 0 unspecified atom stereocenters. The van der Waals surface area contributed by atoms with Crippen LogP contribution >= 0.6 is 11.3 Å². The van der Waals surface area contributed by atoms with Gasteiger partial charge in [0.1, 0.15) is 17.0 Å². The highest BCUT2D eigenvalue weighted by molar-refractivity contribution is 7.13. The van der Waals surface area contributed by atoms with Gasteiger partial charge >= 0.3 is 0 Å². The second kappa shape index (κ2) is 4.15. The van der Waals surface area contributed by atoms with Crippen LogP contribution in [0.3, 0.4) is 0 Å². The van der Waals surface area contributed by atoms with Crippen LogP contribution in [0.4, 0.5) is 5.13 Å². The van der Waals surface area contributed by atoms with E-state index < -0.39 is 5.91 Å². The van der Waals surface area contributed by atoms with Crippen LogP contribution in [0.2, 0.25) is 0 Å². The number of nitrogens with one attached hydrogen (secondary N) is 1. The molecule has 0 atom stereocenters. The van der Waals surface area contributed by atoms with Crippen LogP contribution in [0.5, 0.6) is 11.5 Å². The zero-order chi connectivity index (χ0) is 11.5. The maximum atomic E-state index is 11.6. The number of carbonyl (C=O) groups is 1. The van der Waals surface area contributed by atoms with Gasteiger partial charge in [-0.2, -0.15) is 0 Å². The van der Waals surface area contributed by atoms with Crippen molar-refractivity contribution >= 4 is 22.4 Å². The first-order chi connectivity index (χ1) is 7.65. The first kappa shape index (κ1) is 10.4. The molecule has 0 bridgehead atoms. The van der Waals surface area contributed by atoms with E-state index >= 15 is 0 Å². The number of anilines is 1. The SMILES string of the molecule is O=C(Nc1nncs1)c1cc(O)cc(O)c1. The Balaban J connectivity index is 2.21. The molecular weight excluding hydrogens is 230 g/mol. The van der Waals surface area contributed by atoms with E-state index in [1.165, 1.54) is 29.0 Å². The van der Waals surface area contributed by atoms with E-state index in [0.29, 0.717) is 5.13 Å². The molecule has 16 heavy (non-hydrogen) atoms. The molecule has 0 fully saturated rings. The number of carbonyl (C=O) groups excluding carboxylic acids is 1. The lowest BCUT2D eigenvalue weighted by Gasteiger charge is -2.02. The van der Waals surface area contributed by atoms with Gasteiger partial charge in [0, 0.05) is 11.6 Å². The van der Waals surface area contributed by atoms with Crippen molar-refractivity contribution < 1.29 is 15.0 Å². The third-order valence-corrected chi connectivity index (χ3v) is 2.35. The van der Waals surface area contributed by atoms with Crippen LogP contribution in [-0.2, 0) is 0 Å². The van der Waals surface area contributed by atoms with Gasteiger partial charge in [0.05, 0.1) is 0 Å². The van der Waals surface area contributed by atoms with Gasteiger partial charge in [-0.3, -0.25) is 10.1 Å². The molecule has 1 amide bonds. The summed E-state index contributed by atoms with van der Waals surface area (Å²) in [6.45, 7) is 0. The van der Waals surface area contributed by atoms with Gasteiger partial charge in [0.15, 0.2) is 0 Å². The van der Waals surface area contributed by atoms with Crippen molar-refractivity contribution in [2.45, 2.75) is 0 Å². The fourth-order valence-electron chi connectivity index (χ4n) is 1.12. The Hall–Kier alpha value is -2.15. The average molecular weight is 237 g/mol. The number of aromatic nitrogens is 2. The number of hydrogen-bond acceptors (Lipinski definition) is 6. The van der Waals surface area contributed by atoms with E-state index in [4.69, 9.17) is 0 Å². The monoisotopic (exact) mass is 237 g/mol. The highest BCUT2D eigenvalue weighted by Gasteiger charge is 2.10. The highest BCUT2D eigenvalue weighted by Crippen LogP contribution is 2.21. The van der Waals surface area contributed by atoms with Gasteiger partial charge in [-0.1, -0.05) is 11.3 Å². The number of phenols is 2. The minimum Gasteiger partial charge on any atom is -0.508 e. The van der Waals surface area contributed by atoms with E-state index in [-0.39, 0.29) is 17.1 Å². The summed E-state index contributed by atoms with van der Waals surface area (Å²) in [6, 6.07) is 3.63. The predicted molar refractivity (Wildman–Crippen MR) is 57.6 cm³/mol. The van der Waals surface area contributed by atoms with Gasteiger partial charge in [-0.15, -0.1) is 10.2 Å². The third kappa shape index (κ3) is 2.26. The maximum Gasteiger partial charge on any atom is 0.257 e. The number of rotatable bonds is 2. The van der Waals surface area contributed by atoms with E-state index in [2.05, 4.69) is 15.5 Å². The fraction of sp³-hybridized carbons (Fsp3) is 0. The Morgan fingerprint density at radius 3 is 2.50 bits per heavy atom. The molecule has 3 N–H and O–H groups in total. The van der Waals surface area contributed by atoms with Crippen LogP contribution in [0.1, 0.15) is 10.4 Å². The van der Waals surface area contributed by atoms with E-state index in [0.717, 1.165) is 6.07 Å². The molecule has 1 aromatic carbocycles. The summed E-state index contributed by atoms with van der Waals surface area (Å²) in [4.78, 5) is 11.6. The van der Waals surface area contributed by atoms with Gasteiger partial charge in [0.25, 0.3) is 5.91 Å². The van der Waals surface area contributed by atoms with Crippen LogP contribution in [0, 0.1) is 0 Å². The minimum atomic E-state index is -0.469. The standard InChI is InChI=1S/C9H7N3O3S/c13-6-1-5(2-7(14)3-6)8(15)11-9-12-10-4-16-9/h1-4,13-14H,(H,11,12,15). The summed E-state index contributed by atoms with van der Waals surface area (Å²) in [6.07, 6.45) is 0. The molecule has 0 aliphatic heterocycles. The van der Waals surface area contributed by atoms with Crippen LogP contribution in [0.25, 0.3) is 0 Å². The molecule has 82 valence electrons. The third-order valence-electron chi connectivity index (χ3n) is 1.75. The number of aromatic hydroxyl groups is 2. The summed E-state index contributed by atoms with van der Waals surface area (Å²) in [5.74, 6) is -0.826. The molecule has 1 aromatic heterocycles. The van der Waals surface area contributed by atoms with Crippen molar-refractivity contribution in [2.75, 3.05) is 5.32 Å². The zero-order valence-corrected chi connectivity index (χ0v) is 8.73. The summed E-state index contributed by atoms with van der Waals surface area (Å²) in [7, 11) is 0. The Labute approximate surface area is 94.2 Å². The number of nitrogens with zero attached hydrogens (tertiary/aromatic N) is 2. The normalized spacial score (nSPS) is 10.0. The molecule has 0 saturated heterocycles. The zero-order valence-electron chi connectivity index (χ0n) is 7.91. The number of benzene rings is 1. The Morgan fingerprint density at radius 2 is 1.94 bits per heavy atom. The molecule has 0 aliphatic rings. The fourth-order valence-corrected chi connectivity index (χ4v) is 1.56. The van der Waals surface area contributed by atoms with Crippen molar-refractivity contribution in [3.63, 3.8) is 0 Å². The molecule has 0 saturated carbocycles. The molecule has 2 aromatic rings. The Bertz CT molecular complexity index is 492. The lowest BCUT2D eigenvalue weighted by atomic mass is 10.2. The number of phenolic OH excluding ortho intramolecular Hbond substituents is 2. The number of amides is 1. The smallest absolute Gasteiger partial charge is 0.257 e. The van der Waals surface area contributed by atoms with Crippen molar-refractivity contribution in [1.29, 1.82) is 0 Å². The van der Waals surface area contributed by atoms with Crippen molar-refractivity contribution in [3.05, 3.63) is 29.3 Å². The highest BCUT2D eigenvalue weighted by atomic mass is 32.1. The Kier molecular flexibility index (Phi) is 2.69. The minimum absolute atomic E-state index is 0.146. The van der Waals surface area contributed by atoms with Crippen molar-refractivity contribution in [3.8, 4) is 11.5 Å². The maximum absolute atomic E-state index is 11.6. The van der Waals surface area contributed by atoms with Gasteiger partial charge < -0.3 is 10.2 Å². The average Bonchev–Trinajstić information content (AvgIpc) is 2.68. The Morgan fingerprint density at radius 1 is 1.25 bits per heavy atom. The summed E-state index contributed by atoms with van der Waals surface area (Å²) >= 11 is 1.18. The first-order valence-corrected chi connectivity index (χ1v) is 5.13. The van der Waals surface area contributed by atoms with E-state index in [1.54, 1.807) is 0 Å². The van der Waals surface area contributed by atoms with Crippen molar-refractivity contribution in [2.24, 2.45) is 0 Å². The second-order valence-corrected chi connectivity index (χ2v) is 3.77. The van der Waals surface area contributed by atoms with Gasteiger partial charge in [-0.05, 0) is 12.1 Å². The first-order valence-electron chi connectivity index (χ1n) is 4.26. The van der Waals surface area contributed by atoms with Gasteiger partial charge in [0.2, 0.25) is 5.13 Å². The molecule has 2 rings (SSSR count). The summed E-state index contributed by atoms with van der Waals surface area (Å²) < 4.78 is 0. The van der Waals surface area contributed by atoms with Gasteiger partial charge in [-0.25, -0.2) is 0 Å². The molecule has 6 nitrogen and oxygen atoms in total. The van der Waals surface area contributed by atoms with E-state index in [1.807, 2.05) is 0 Å². The van der Waals surface area contributed by atoms with E-state index in [9.17, 15) is 15.0 Å². The lowest BCUT2D eigenvalue weighted by molar-refractivity contribution is 0.102. The second-order valence-electron chi connectivity index (χ2n) is 2.94. The lowest BCUT2D eigenvalue weighted by Crippen LogP contribution is -2.11. The van der Waals surface area contributed by atoms with Crippen LogP contribution < -0.4 is 5.32 Å². The molecule has 1 heterocycles. The quantitative estimate of drug-likeness (QED) is 0.729. The molecule has 0 radical (unpaired) electrons. The van der Waals surface area contributed by atoms with Crippen molar-refractivity contribution in [1.82, 2.24) is 10.2 Å². The topological polar surface area (TPSA) is 95.3 Å². The van der Waals surface area contributed by atoms with Crippen LogP contribution in [-0.4, -0.2) is 26.3 Å². The summed E-state index contributed by atoms with van der Waals surface area (Å²) in [5.41, 5.74) is 1.63. The predicted octanol–water partition coefficient (Wildman–Crippen LogP) is 1.20. The molecule has 0 spiro atoms. The van der Waals surface area contributed by atoms with Crippen LogP contribution in [0.15, 0.2) is 23.7 Å². The number of hydrogen-bond donors (Lipinski definition) is 3. The molecule has 0 aliphatic carbocycles. The summed E-state index contributed by atoms with van der Waals surface area (Å²) in [5, 5.41) is 28.4. The molecule has 7 heteroatoms. The molecular formula is C9H7N3O3S. The largest absolute Gasteiger partial charge is 0.508 e.